The van der Waals surface area contributed by atoms with Crippen LogP contribution in [0.5, 0.6) is 0 Å². The van der Waals surface area contributed by atoms with Gasteiger partial charge in [0.05, 0.1) is 11.1 Å². The number of pyridine rings is 1. The molecule has 21 heavy (non-hydrogen) atoms. The number of aromatic nitrogens is 2. The van der Waals surface area contributed by atoms with Crippen LogP contribution in [-0.4, -0.2) is 19.1 Å². The average Bonchev–Trinajstić information content (AvgIpc) is 2.82. The second-order valence-corrected chi connectivity index (χ2v) is 6.82. The Hall–Kier alpha value is -1.66. The summed E-state index contributed by atoms with van der Waals surface area (Å²) in [5.41, 5.74) is 2.17. The zero-order valence-electron chi connectivity index (χ0n) is 11.5. The minimum atomic E-state index is -3.13. The Labute approximate surface area is 134 Å². The molecule has 0 N–H and O–H groups in total. The maximum Gasteiger partial charge on any atom is 0.286 e. The zero-order valence-corrected chi connectivity index (χ0v) is 13.9. The quantitative estimate of drug-likeness (QED) is 0.540. The normalized spacial score (nSPS) is 11.3. The lowest BCUT2D eigenvalue weighted by Gasteiger charge is -2.01. The van der Waals surface area contributed by atoms with Gasteiger partial charge in [0.15, 0.2) is 9.84 Å². The molecule has 0 spiro atoms. The molecule has 0 fully saturated rings. The van der Waals surface area contributed by atoms with Crippen LogP contribution in [0.1, 0.15) is 5.56 Å². The molecule has 0 saturated carbocycles. The molecular formula is C15H15BrN2O2S. The maximum atomic E-state index is 11.4. The van der Waals surface area contributed by atoms with Crippen LogP contribution in [0.15, 0.2) is 66.0 Å². The summed E-state index contributed by atoms with van der Waals surface area (Å²) in [4.78, 5) is 0.355. The summed E-state index contributed by atoms with van der Waals surface area (Å²) >= 11 is 0. The van der Waals surface area contributed by atoms with Crippen molar-refractivity contribution in [2.45, 2.75) is 11.4 Å². The standard InChI is InChI=1S/C15H15N2O2S.BrH/c1-20(18,19)14-7-5-13(6-8-14)12-17-11-10-16-9-3-2-4-15(16)17;/h2-11H,12H2,1H3;1H/q+1;/p-1. The van der Waals surface area contributed by atoms with Crippen LogP contribution in [0.3, 0.4) is 0 Å². The summed E-state index contributed by atoms with van der Waals surface area (Å²) in [6.07, 6.45) is 7.23. The zero-order chi connectivity index (χ0) is 14.2. The van der Waals surface area contributed by atoms with E-state index in [9.17, 15) is 8.42 Å². The van der Waals surface area contributed by atoms with Crippen LogP contribution in [0.2, 0.25) is 0 Å². The van der Waals surface area contributed by atoms with Gasteiger partial charge >= 0.3 is 0 Å². The molecule has 0 bridgehead atoms. The summed E-state index contributed by atoms with van der Waals surface area (Å²) in [7, 11) is -3.13. The maximum absolute atomic E-state index is 11.4. The van der Waals surface area contributed by atoms with Gasteiger partial charge in [0.25, 0.3) is 5.65 Å². The molecular weight excluding hydrogens is 352 g/mol. The topological polar surface area (TPSA) is 42.4 Å². The third kappa shape index (κ3) is 3.33. The number of halogens is 1. The smallest absolute Gasteiger partial charge is 0.286 e. The van der Waals surface area contributed by atoms with Gasteiger partial charge in [0.1, 0.15) is 18.9 Å². The Kier molecular flexibility index (Phi) is 4.49. The molecule has 6 heteroatoms. The first-order valence-electron chi connectivity index (χ1n) is 6.28. The number of nitrogens with zero attached hydrogens (tertiary/aromatic N) is 2. The summed E-state index contributed by atoms with van der Waals surface area (Å²) in [6, 6.07) is 13.1. The van der Waals surface area contributed by atoms with Gasteiger partial charge in [-0.25, -0.2) is 17.4 Å². The van der Waals surface area contributed by atoms with Crippen LogP contribution in [0.25, 0.3) is 5.65 Å². The van der Waals surface area contributed by atoms with Gasteiger partial charge in [-0.1, -0.05) is 18.2 Å². The number of imidazole rings is 1. The Balaban J connectivity index is 0.00000161. The van der Waals surface area contributed by atoms with Crippen LogP contribution >= 0.6 is 0 Å². The molecule has 3 aromatic rings. The summed E-state index contributed by atoms with van der Waals surface area (Å²) < 4.78 is 27.0. The third-order valence-electron chi connectivity index (χ3n) is 3.27. The molecule has 0 unspecified atom stereocenters. The van der Waals surface area contributed by atoms with Gasteiger partial charge in [-0.2, -0.15) is 0 Å². The fourth-order valence-electron chi connectivity index (χ4n) is 2.22. The van der Waals surface area contributed by atoms with Gasteiger partial charge in [-0.3, -0.25) is 0 Å². The molecule has 0 atom stereocenters. The number of benzene rings is 1. The van der Waals surface area contributed by atoms with Crippen molar-refractivity contribution in [1.82, 2.24) is 4.40 Å². The fraction of sp³-hybridized carbons (Fsp3) is 0.133. The van der Waals surface area contributed by atoms with Crippen molar-refractivity contribution in [3.05, 3.63) is 66.6 Å². The Bertz CT molecular complexity index is 855. The highest BCUT2D eigenvalue weighted by atomic mass is 79.9. The molecule has 2 heterocycles. The van der Waals surface area contributed by atoms with Gasteiger partial charge < -0.3 is 17.0 Å². The van der Waals surface area contributed by atoms with Crippen molar-refractivity contribution in [3.63, 3.8) is 0 Å². The average molecular weight is 367 g/mol. The molecule has 1 aromatic carbocycles. The number of sulfone groups is 1. The van der Waals surface area contributed by atoms with E-state index in [1.165, 1.54) is 6.26 Å². The molecule has 110 valence electrons. The van der Waals surface area contributed by atoms with E-state index in [2.05, 4.69) is 4.57 Å². The Morgan fingerprint density at radius 2 is 1.76 bits per heavy atom. The van der Waals surface area contributed by atoms with Crippen molar-refractivity contribution in [3.8, 4) is 0 Å². The molecule has 0 radical (unpaired) electrons. The second kappa shape index (κ2) is 5.99. The van der Waals surface area contributed by atoms with E-state index in [1.54, 1.807) is 12.1 Å². The van der Waals surface area contributed by atoms with Crippen LogP contribution in [0.4, 0.5) is 0 Å². The van der Waals surface area contributed by atoms with Crippen molar-refractivity contribution in [2.75, 3.05) is 6.26 Å². The molecule has 2 aromatic heterocycles. The summed E-state index contributed by atoms with van der Waals surface area (Å²) in [5, 5.41) is 0. The number of fused-ring (bicyclic) bond motifs is 1. The van der Waals surface area contributed by atoms with Gasteiger partial charge in [0, 0.05) is 12.3 Å². The van der Waals surface area contributed by atoms with E-state index in [0.29, 0.717) is 11.4 Å². The molecule has 3 rings (SSSR count). The predicted molar refractivity (Wildman–Crippen MR) is 76.2 cm³/mol. The number of hydrogen-bond acceptors (Lipinski definition) is 2. The van der Waals surface area contributed by atoms with E-state index < -0.39 is 9.84 Å². The van der Waals surface area contributed by atoms with Crippen LogP contribution in [0, 0.1) is 0 Å². The van der Waals surface area contributed by atoms with Crippen molar-refractivity contribution in [1.29, 1.82) is 0 Å². The largest absolute Gasteiger partial charge is 1.00 e. The van der Waals surface area contributed by atoms with Gasteiger partial charge in [-0.05, 0) is 23.8 Å². The monoisotopic (exact) mass is 366 g/mol. The molecule has 0 saturated heterocycles. The predicted octanol–water partition coefficient (Wildman–Crippen LogP) is -1.32. The lowest BCUT2D eigenvalue weighted by molar-refractivity contribution is -0.661. The first-order valence-corrected chi connectivity index (χ1v) is 8.17. The third-order valence-corrected chi connectivity index (χ3v) is 4.40. The van der Waals surface area contributed by atoms with E-state index >= 15 is 0 Å². The van der Waals surface area contributed by atoms with Gasteiger partial charge in [0.2, 0.25) is 0 Å². The first-order chi connectivity index (χ1) is 9.54. The SMILES string of the molecule is CS(=O)(=O)c1ccc(C[n+]2ccn3ccccc32)cc1.[Br-]. The van der Waals surface area contributed by atoms with E-state index in [4.69, 9.17) is 0 Å². The highest BCUT2D eigenvalue weighted by Crippen LogP contribution is 2.10. The lowest BCUT2D eigenvalue weighted by atomic mass is 10.2. The molecule has 4 nitrogen and oxygen atoms in total. The second-order valence-electron chi connectivity index (χ2n) is 4.81. The van der Waals surface area contributed by atoms with Crippen molar-refractivity contribution in [2.24, 2.45) is 0 Å². The minimum Gasteiger partial charge on any atom is -1.00 e. The number of rotatable bonds is 3. The Morgan fingerprint density at radius 3 is 2.43 bits per heavy atom. The highest BCUT2D eigenvalue weighted by molar-refractivity contribution is 7.90. The Morgan fingerprint density at radius 1 is 1.05 bits per heavy atom. The fourth-order valence-corrected chi connectivity index (χ4v) is 2.85. The van der Waals surface area contributed by atoms with Crippen LogP contribution < -0.4 is 21.5 Å². The molecule has 0 amide bonds. The summed E-state index contributed by atoms with van der Waals surface area (Å²) in [5.74, 6) is 0. The van der Waals surface area contributed by atoms with Gasteiger partial charge in [-0.15, -0.1) is 0 Å². The first kappa shape index (κ1) is 15.7. The van der Waals surface area contributed by atoms with E-state index in [1.807, 2.05) is 53.3 Å². The lowest BCUT2D eigenvalue weighted by Crippen LogP contribution is -3.00. The van der Waals surface area contributed by atoms with E-state index in [-0.39, 0.29) is 17.0 Å². The van der Waals surface area contributed by atoms with Crippen molar-refractivity contribution >= 4 is 15.5 Å². The highest BCUT2D eigenvalue weighted by Gasteiger charge is 2.10. The summed E-state index contributed by atoms with van der Waals surface area (Å²) in [6.45, 7) is 0.713. The molecule has 0 aliphatic carbocycles. The van der Waals surface area contributed by atoms with Crippen molar-refractivity contribution < 1.29 is 30.0 Å². The number of hydrogen-bond donors (Lipinski definition) is 0. The molecule has 0 aliphatic heterocycles. The van der Waals surface area contributed by atoms with Crippen LogP contribution in [-0.2, 0) is 16.4 Å². The minimum absolute atomic E-state index is 0. The van der Waals surface area contributed by atoms with E-state index in [0.717, 1.165) is 11.2 Å². The molecule has 0 aliphatic rings.